The molecule has 1 rings (SSSR count). The van der Waals surface area contributed by atoms with E-state index < -0.39 is 0 Å². The van der Waals surface area contributed by atoms with E-state index in [1.54, 1.807) is 0 Å². The summed E-state index contributed by atoms with van der Waals surface area (Å²) in [6, 6.07) is 0. The zero-order chi connectivity index (χ0) is 5.66. The molecule has 1 heterocycles. The first-order chi connectivity index (χ1) is 4.00. The molecule has 0 aromatic rings. The van der Waals surface area contributed by atoms with Crippen LogP contribution in [0.1, 0.15) is 0 Å². The van der Waals surface area contributed by atoms with Gasteiger partial charge in [-0.05, 0) is 12.3 Å². The summed E-state index contributed by atoms with van der Waals surface area (Å²) in [5, 5.41) is 0. The molecule has 0 saturated carbocycles. The van der Waals surface area contributed by atoms with Crippen molar-refractivity contribution >= 4 is 18.6 Å². The molecule has 0 amide bonds. The Balaban J connectivity index is 2.00. The molecular formula is C4H9O2PSi. The third-order valence-corrected chi connectivity index (χ3v) is 2.64. The highest BCUT2D eigenvalue weighted by atomic mass is 31.1. The minimum atomic E-state index is 0.295. The zero-order valence-electron chi connectivity index (χ0n) is 4.64. The quantitative estimate of drug-likeness (QED) is 0.362. The lowest BCUT2D eigenvalue weighted by molar-refractivity contribution is 0.239. The van der Waals surface area contributed by atoms with E-state index in [9.17, 15) is 0 Å². The van der Waals surface area contributed by atoms with Crippen molar-refractivity contribution in [1.82, 2.24) is 0 Å². The van der Waals surface area contributed by atoms with Crippen LogP contribution >= 0.6 is 8.58 Å². The third-order valence-electron chi connectivity index (χ3n) is 0.880. The summed E-state index contributed by atoms with van der Waals surface area (Å²) < 4.78 is 10.2. The first-order valence-corrected chi connectivity index (χ1v) is 4.92. The van der Waals surface area contributed by atoms with Crippen LogP contribution in [0.5, 0.6) is 0 Å². The van der Waals surface area contributed by atoms with Crippen LogP contribution in [0.15, 0.2) is 0 Å². The molecule has 0 bridgehead atoms. The van der Waals surface area contributed by atoms with Crippen molar-refractivity contribution in [3.63, 3.8) is 0 Å². The topological polar surface area (TPSA) is 18.5 Å². The predicted molar refractivity (Wildman–Crippen MR) is 35.7 cm³/mol. The highest BCUT2D eigenvalue weighted by Gasteiger charge is 1.97. The van der Waals surface area contributed by atoms with Gasteiger partial charge in [-0.1, -0.05) is 0 Å². The van der Waals surface area contributed by atoms with E-state index in [4.69, 9.17) is 8.85 Å². The molecule has 0 N–H and O–H groups in total. The van der Waals surface area contributed by atoms with Crippen molar-refractivity contribution in [2.45, 2.75) is 0 Å². The highest BCUT2D eigenvalue weighted by molar-refractivity contribution is 7.38. The molecule has 4 heteroatoms. The van der Waals surface area contributed by atoms with E-state index in [1.165, 1.54) is 12.3 Å². The van der Waals surface area contributed by atoms with Crippen LogP contribution < -0.4 is 0 Å². The Labute approximate surface area is 53.8 Å². The van der Waals surface area contributed by atoms with Crippen molar-refractivity contribution in [2.24, 2.45) is 0 Å². The van der Waals surface area contributed by atoms with E-state index in [-0.39, 0.29) is 0 Å². The maximum atomic E-state index is 5.09. The molecule has 1 fully saturated rings. The molecule has 0 spiro atoms. The lowest BCUT2D eigenvalue weighted by atomic mass is 10.9. The Morgan fingerprint density at radius 2 is 1.75 bits per heavy atom. The average Bonchev–Trinajstić information content (AvgIpc) is 1.62. The molecule has 0 aliphatic carbocycles. The van der Waals surface area contributed by atoms with Crippen molar-refractivity contribution in [3.05, 3.63) is 0 Å². The summed E-state index contributed by atoms with van der Waals surface area (Å²) in [6.07, 6.45) is 2.46. The number of hydrogen-bond donors (Lipinski definition) is 0. The first-order valence-electron chi connectivity index (χ1n) is 2.69. The molecule has 2 nitrogen and oxygen atoms in total. The molecule has 2 radical (unpaired) electrons. The molecule has 0 aromatic carbocycles. The highest BCUT2D eigenvalue weighted by Crippen LogP contribution is 2.09. The van der Waals surface area contributed by atoms with Gasteiger partial charge in [-0.25, -0.2) is 0 Å². The molecule has 46 valence electrons. The van der Waals surface area contributed by atoms with Gasteiger partial charge >= 0.3 is 10.0 Å². The minimum absolute atomic E-state index is 0.295. The van der Waals surface area contributed by atoms with Gasteiger partial charge < -0.3 is 8.85 Å². The second-order valence-electron chi connectivity index (χ2n) is 1.53. The molecule has 0 atom stereocenters. The van der Waals surface area contributed by atoms with Crippen LogP contribution in [-0.4, -0.2) is 35.5 Å². The number of hydrogen-bond acceptors (Lipinski definition) is 2. The van der Waals surface area contributed by atoms with Crippen molar-refractivity contribution in [1.29, 1.82) is 0 Å². The molecule has 1 aliphatic heterocycles. The van der Waals surface area contributed by atoms with Crippen LogP contribution in [0.25, 0.3) is 0 Å². The van der Waals surface area contributed by atoms with Crippen molar-refractivity contribution in [3.8, 4) is 0 Å². The van der Waals surface area contributed by atoms with E-state index in [0.29, 0.717) is 10.0 Å². The van der Waals surface area contributed by atoms with Gasteiger partial charge in [0.05, 0.1) is 0 Å². The Morgan fingerprint density at radius 1 is 1.12 bits per heavy atom. The summed E-state index contributed by atoms with van der Waals surface area (Å²) in [4.78, 5) is 0. The van der Waals surface area contributed by atoms with E-state index in [1.807, 2.05) is 0 Å². The lowest BCUT2D eigenvalue weighted by Gasteiger charge is -2.07. The van der Waals surface area contributed by atoms with Gasteiger partial charge in [-0.15, -0.1) is 8.58 Å². The van der Waals surface area contributed by atoms with E-state index in [2.05, 4.69) is 0 Å². The first kappa shape index (κ1) is 6.68. The Kier molecular flexibility index (Phi) is 3.71. The fraction of sp³-hybridized carbons (Fsp3) is 1.00. The predicted octanol–water partition coefficient (Wildman–Crippen LogP) is 0.246. The van der Waals surface area contributed by atoms with Crippen molar-refractivity contribution < 1.29 is 8.85 Å². The maximum absolute atomic E-state index is 5.09. The Hall–Kier alpha value is 0.567. The normalized spacial score (nSPS) is 24.0. The van der Waals surface area contributed by atoms with Gasteiger partial charge in [0.1, 0.15) is 0 Å². The summed E-state index contributed by atoms with van der Waals surface area (Å²) in [7, 11) is 1.34. The average molecular weight is 148 g/mol. The molecule has 8 heavy (non-hydrogen) atoms. The maximum Gasteiger partial charge on any atom is 0.433 e. The lowest BCUT2D eigenvalue weighted by Crippen LogP contribution is -2.12. The second kappa shape index (κ2) is 4.45. The summed E-state index contributed by atoms with van der Waals surface area (Å²) >= 11 is 0. The largest absolute Gasteiger partial charge is 0.433 e. The zero-order valence-corrected chi connectivity index (χ0v) is 6.64. The summed E-state index contributed by atoms with van der Waals surface area (Å²) in [5.74, 6) is 0. The van der Waals surface area contributed by atoms with Gasteiger partial charge in [-0.2, -0.15) is 0 Å². The summed E-state index contributed by atoms with van der Waals surface area (Å²) in [5.41, 5.74) is 0. The van der Waals surface area contributed by atoms with E-state index >= 15 is 0 Å². The van der Waals surface area contributed by atoms with E-state index in [0.717, 1.165) is 21.8 Å². The van der Waals surface area contributed by atoms with Crippen LogP contribution in [-0.2, 0) is 8.85 Å². The van der Waals surface area contributed by atoms with Gasteiger partial charge in [-0.3, -0.25) is 0 Å². The Morgan fingerprint density at radius 3 is 2.38 bits per heavy atom. The molecule has 1 saturated heterocycles. The molecule has 1 aliphatic rings. The fourth-order valence-electron chi connectivity index (χ4n) is 0.496. The standard InChI is InChI=1S/C4H9O2PSi/c1-3-7-4-2-6-8-5-1/h7H,1-4H2. The van der Waals surface area contributed by atoms with Crippen molar-refractivity contribution in [2.75, 3.05) is 25.5 Å². The van der Waals surface area contributed by atoms with Crippen LogP contribution in [0, 0.1) is 0 Å². The van der Waals surface area contributed by atoms with Crippen LogP contribution in [0.2, 0.25) is 0 Å². The van der Waals surface area contributed by atoms with Crippen LogP contribution in [0.4, 0.5) is 0 Å². The van der Waals surface area contributed by atoms with Crippen LogP contribution in [0.3, 0.4) is 0 Å². The molecular weight excluding hydrogens is 139 g/mol. The summed E-state index contributed by atoms with van der Waals surface area (Å²) in [6.45, 7) is 1.80. The molecule has 0 unspecified atom stereocenters. The SMILES string of the molecule is C1CPCCO[Si]O1. The minimum Gasteiger partial charge on any atom is -0.392 e. The fourth-order valence-corrected chi connectivity index (χ4v) is 2.10. The Bertz CT molecular complexity index is 38.0. The number of rotatable bonds is 0. The second-order valence-corrected chi connectivity index (χ2v) is 3.77. The third kappa shape index (κ3) is 2.77. The van der Waals surface area contributed by atoms with Gasteiger partial charge in [0.15, 0.2) is 0 Å². The smallest absolute Gasteiger partial charge is 0.392 e. The van der Waals surface area contributed by atoms with Gasteiger partial charge in [0, 0.05) is 13.2 Å². The molecule has 0 aromatic heterocycles. The van der Waals surface area contributed by atoms with Gasteiger partial charge in [0.2, 0.25) is 0 Å². The monoisotopic (exact) mass is 148 g/mol. The van der Waals surface area contributed by atoms with Gasteiger partial charge in [0.25, 0.3) is 0 Å².